The predicted molar refractivity (Wildman–Crippen MR) is 95.5 cm³/mol. The van der Waals surface area contributed by atoms with E-state index in [0.717, 1.165) is 19.3 Å². The average Bonchev–Trinajstić information content (AvgIpc) is 2.50. The van der Waals surface area contributed by atoms with Crippen LogP contribution in [0.4, 0.5) is 17.1 Å². The van der Waals surface area contributed by atoms with Gasteiger partial charge in [-0.15, -0.1) is 0 Å². The average molecular weight is 334 g/mol. The molecule has 1 aromatic rings. The fraction of sp³-hybridized carbons (Fsp3) is 0.294. The highest BCUT2D eigenvalue weighted by atomic mass is 35.5. The third kappa shape index (κ3) is 4.60. The Morgan fingerprint density at radius 2 is 1.96 bits per heavy atom. The summed E-state index contributed by atoms with van der Waals surface area (Å²) in [5, 5.41) is 0.277. The van der Waals surface area contributed by atoms with Crippen LogP contribution in [0, 0.1) is 0 Å². The van der Waals surface area contributed by atoms with Gasteiger partial charge in [0.25, 0.3) is 0 Å². The zero-order valence-electron chi connectivity index (χ0n) is 13.0. The van der Waals surface area contributed by atoms with Crippen molar-refractivity contribution in [3.05, 3.63) is 35.4 Å². The van der Waals surface area contributed by atoms with E-state index >= 15 is 0 Å². The smallest absolute Gasteiger partial charge is 0.180 e. The number of carbonyl (C=O) groups is 1. The van der Waals surface area contributed by atoms with Gasteiger partial charge in [0.05, 0.1) is 34.4 Å². The summed E-state index contributed by atoms with van der Waals surface area (Å²) < 4.78 is 5.70. The molecule has 4 N–H and O–H groups in total. The number of anilines is 2. The molecule has 122 valence electrons. The van der Waals surface area contributed by atoms with Gasteiger partial charge in [-0.25, -0.2) is 4.99 Å². The van der Waals surface area contributed by atoms with Gasteiger partial charge in [0.1, 0.15) is 5.75 Å². The Balaban J connectivity index is 2.23. The Morgan fingerprint density at radius 3 is 2.65 bits per heavy atom. The summed E-state index contributed by atoms with van der Waals surface area (Å²) in [5.41, 5.74) is 13.8. The SMILES string of the molecule is CCCCCOc1cc(N=C2C=CC(=O)C=C2Cl)c(N)cc1N. The first-order valence-electron chi connectivity index (χ1n) is 7.51. The standard InChI is InChI=1S/C17H20ClN3O2/c1-2-3-4-7-23-17-10-16(13(19)9-14(17)20)21-15-6-5-11(22)8-12(15)18/h5-6,8-10H,2-4,7,19-20H2,1H3. The van der Waals surface area contributed by atoms with Crippen LogP contribution in [0.1, 0.15) is 26.2 Å². The first kappa shape index (κ1) is 17.1. The maximum absolute atomic E-state index is 11.2. The molecule has 0 unspecified atom stereocenters. The second kappa shape index (κ2) is 7.83. The molecule has 0 spiro atoms. The maximum Gasteiger partial charge on any atom is 0.180 e. The number of rotatable bonds is 6. The molecule has 0 fully saturated rings. The zero-order valence-corrected chi connectivity index (χ0v) is 13.8. The first-order chi connectivity index (χ1) is 11.0. The minimum absolute atomic E-state index is 0.167. The van der Waals surface area contributed by atoms with E-state index < -0.39 is 0 Å². The van der Waals surface area contributed by atoms with E-state index in [1.165, 1.54) is 12.2 Å². The van der Waals surface area contributed by atoms with Gasteiger partial charge in [-0.1, -0.05) is 31.4 Å². The van der Waals surface area contributed by atoms with Crippen LogP contribution in [0.5, 0.6) is 5.75 Å². The first-order valence-corrected chi connectivity index (χ1v) is 7.89. The molecule has 1 aromatic carbocycles. The van der Waals surface area contributed by atoms with Gasteiger partial charge in [0, 0.05) is 12.1 Å². The molecule has 0 aliphatic heterocycles. The van der Waals surface area contributed by atoms with Gasteiger partial charge in [0.2, 0.25) is 0 Å². The van der Waals surface area contributed by atoms with Crippen molar-refractivity contribution in [3.63, 3.8) is 0 Å². The topological polar surface area (TPSA) is 90.7 Å². The summed E-state index contributed by atoms with van der Waals surface area (Å²) in [5.74, 6) is 0.379. The van der Waals surface area contributed by atoms with E-state index in [2.05, 4.69) is 11.9 Å². The van der Waals surface area contributed by atoms with Crippen molar-refractivity contribution in [1.29, 1.82) is 0 Å². The molecular formula is C17H20ClN3O2. The molecule has 0 atom stereocenters. The van der Waals surface area contributed by atoms with Gasteiger partial charge in [-0.05, 0) is 24.6 Å². The summed E-state index contributed by atoms with van der Waals surface area (Å²) in [6, 6.07) is 3.31. The number of hydrogen-bond acceptors (Lipinski definition) is 5. The quantitative estimate of drug-likeness (QED) is 0.471. The Bertz CT molecular complexity index is 693. The fourth-order valence-corrected chi connectivity index (χ4v) is 2.28. The lowest BCUT2D eigenvalue weighted by atomic mass is 10.1. The summed E-state index contributed by atoms with van der Waals surface area (Å²) in [7, 11) is 0. The number of nitrogens with two attached hydrogens (primary N) is 2. The van der Waals surface area contributed by atoms with Crippen molar-refractivity contribution in [2.24, 2.45) is 4.99 Å². The number of halogens is 1. The van der Waals surface area contributed by atoms with Crippen LogP contribution in [0.25, 0.3) is 0 Å². The molecule has 1 aliphatic rings. The molecule has 0 saturated heterocycles. The molecule has 0 amide bonds. The normalized spacial score (nSPS) is 15.8. The molecule has 2 rings (SSSR count). The molecule has 0 saturated carbocycles. The Labute approximate surface area is 140 Å². The number of ether oxygens (including phenoxy) is 1. The number of unbranched alkanes of at least 4 members (excludes halogenated alkanes) is 2. The minimum atomic E-state index is -0.167. The van der Waals surface area contributed by atoms with Gasteiger partial charge in [-0.3, -0.25) is 4.79 Å². The molecule has 0 radical (unpaired) electrons. The Kier molecular flexibility index (Phi) is 5.82. The fourth-order valence-electron chi connectivity index (χ4n) is 2.07. The van der Waals surface area contributed by atoms with Crippen molar-refractivity contribution < 1.29 is 9.53 Å². The van der Waals surface area contributed by atoms with Gasteiger partial charge >= 0.3 is 0 Å². The summed E-state index contributed by atoms with van der Waals surface area (Å²) in [6.07, 6.45) is 7.46. The van der Waals surface area contributed by atoms with Crippen LogP contribution >= 0.6 is 11.6 Å². The van der Waals surface area contributed by atoms with Crippen molar-refractivity contribution in [2.45, 2.75) is 26.2 Å². The van der Waals surface area contributed by atoms with Crippen LogP contribution in [-0.2, 0) is 4.79 Å². The van der Waals surface area contributed by atoms with E-state index in [1.54, 1.807) is 18.2 Å². The van der Waals surface area contributed by atoms with Gasteiger partial charge in [0.15, 0.2) is 5.78 Å². The summed E-state index contributed by atoms with van der Waals surface area (Å²) in [6.45, 7) is 2.72. The number of hydrogen-bond donors (Lipinski definition) is 2. The third-order valence-electron chi connectivity index (χ3n) is 3.32. The van der Waals surface area contributed by atoms with Crippen LogP contribution < -0.4 is 16.2 Å². The highest BCUT2D eigenvalue weighted by Crippen LogP contribution is 2.34. The van der Waals surface area contributed by atoms with Crippen molar-refractivity contribution in [3.8, 4) is 5.75 Å². The summed E-state index contributed by atoms with van der Waals surface area (Å²) in [4.78, 5) is 15.6. The minimum Gasteiger partial charge on any atom is -0.491 e. The number of nitrogens with zero attached hydrogens (tertiary/aromatic N) is 1. The lowest BCUT2D eigenvalue weighted by Gasteiger charge is -2.12. The van der Waals surface area contributed by atoms with Crippen molar-refractivity contribution >= 4 is 40.2 Å². The lowest BCUT2D eigenvalue weighted by Crippen LogP contribution is -2.04. The number of ketones is 1. The Morgan fingerprint density at radius 1 is 1.17 bits per heavy atom. The van der Waals surface area contributed by atoms with E-state index in [0.29, 0.717) is 35.1 Å². The van der Waals surface area contributed by atoms with Crippen LogP contribution in [-0.4, -0.2) is 18.1 Å². The molecule has 6 heteroatoms. The lowest BCUT2D eigenvalue weighted by molar-refractivity contribution is -0.110. The molecule has 5 nitrogen and oxygen atoms in total. The Hall–Kier alpha value is -2.27. The second-order valence-electron chi connectivity index (χ2n) is 5.23. The maximum atomic E-state index is 11.2. The number of carbonyl (C=O) groups excluding carboxylic acids is 1. The molecular weight excluding hydrogens is 314 g/mol. The number of benzene rings is 1. The predicted octanol–water partition coefficient (Wildman–Crippen LogP) is 3.75. The van der Waals surface area contributed by atoms with Gasteiger partial charge in [-0.2, -0.15) is 0 Å². The molecule has 0 bridgehead atoms. The third-order valence-corrected chi connectivity index (χ3v) is 3.63. The largest absolute Gasteiger partial charge is 0.491 e. The van der Waals surface area contributed by atoms with E-state index in [1.807, 2.05) is 0 Å². The highest BCUT2D eigenvalue weighted by Gasteiger charge is 2.12. The molecule has 0 heterocycles. The number of nitrogen functional groups attached to an aromatic ring is 2. The van der Waals surface area contributed by atoms with Crippen LogP contribution in [0.3, 0.4) is 0 Å². The number of aliphatic imine (C=N–C) groups is 1. The second-order valence-corrected chi connectivity index (χ2v) is 5.64. The summed E-state index contributed by atoms with van der Waals surface area (Å²) >= 11 is 6.03. The molecule has 1 aliphatic carbocycles. The van der Waals surface area contributed by atoms with E-state index in [-0.39, 0.29) is 10.8 Å². The van der Waals surface area contributed by atoms with Crippen LogP contribution in [0.15, 0.2) is 40.4 Å². The van der Waals surface area contributed by atoms with Crippen LogP contribution in [0.2, 0.25) is 0 Å². The van der Waals surface area contributed by atoms with E-state index in [4.69, 9.17) is 27.8 Å². The van der Waals surface area contributed by atoms with Crippen molar-refractivity contribution in [2.75, 3.05) is 18.1 Å². The van der Waals surface area contributed by atoms with E-state index in [9.17, 15) is 4.79 Å². The highest BCUT2D eigenvalue weighted by molar-refractivity contribution is 6.48. The molecule has 23 heavy (non-hydrogen) atoms. The van der Waals surface area contributed by atoms with Gasteiger partial charge < -0.3 is 16.2 Å². The van der Waals surface area contributed by atoms with Crippen molar-refractivity contribution in [1.82, 2.24) is 0 Å². The number of allylic oxidation sites excluding steroid dienone is 4. The molecule has 0 aromatic heterocycles. The monoisotopic (exact) mass is 333 g/mol. The zero-order chi connectivity index (χ0) is 16.8.